The summed E-state index contributed by atoms with van der Waals surface area (Å²) < 4.78 is 12.0. The molecular formula is C25H37NO4Si. The predicted octanol–water partition coefficient (Wildman–Crippen LogP) is 5.60. The fourth-order valence-corrected chi connectivity index (χ4v) is 3.92. The van der Waals surface area contributed by atoms with Crippen molar-refractivity contribution in [2.24, 2.45) is 0 Å². The largest absolute Gasteiger partial charge is 0.445 e. The third-order valence-electron chi connectivity index (χ3n) is 6.01. The molecule has 0 saturated carbocycles. The van der Waals surface area contributed by atoms with Crippen LogP contribution in [0.25, 0.3) is 0 Å². The Morgan fingerprint density at radius 1 is 1.00 bits per heavy atom. The van der Waals surface area contributed by atoms with E-state index in [1.165, 1.54) is 0 Å². The number of hydrogen-bond donors (Lipinski definition) is 1. The van der Waals surface area contributed by atoms with Crippen LogP contribution in [0.1, 0.15) is 38.8 Å². The summed E-state index contributed by atoms with van der Waals surface area (Å²) in [5.74, 6) is 0. The molecule has 0 saturated heterocycles. The lowest BCUT2D eigenvalue weighted by Gasteiger charge is -2.40. The van der Waals surface area contributed by atoms with E-state index in [-0.39, 0.29) is 18.3 Å². The molecule has 6 heteroatoms. The minimum atomic E-state index is -2.05. The topological polar surface area (TPSA) is 59.0 Å². The van der Waals surface area contributed by atoms with E-state index in [0.29, 0.717) is 6.54 Å². The summed E-state index contributed by atoms with van der Waals surface area (Å²) in [7, 11) is -2.05. The zero-order chi connectivity index (χ0) is 23.1. The summed E-state index contributed by atoms with van der Waals surface area (Å²) >= 11 is 0. The molecule has 2 atom stereocenters. The Kier molecular flexibility index (Phi) is 8.86. The van der Waals surface area contributed by atoms with E-state index >= 15 is 0 Å². The van der Waals surface area contributed by atoms with Crippen molar-refractivity contribution in [1.29, 1.82) is 0 Å². The van der Waals surface area contributed by atoms with Gasteiger partial charge in [-0.05, 0) is 36.2 Å². The highest BCUT2D eigenvalue weighted by molar-refractivity contribution is 6.74. The number of aliphatic hydroxyl groups excluding tert-OH is 1. The van der Waals surface area contributed by atoms with E-state index in [9.17, 15) is 9.90 Å². The molecule has 31 heavy (non-hydrogen) atoms. The molecule has 0 bridgehead atoms. The van der Waals surface area contributed by atoms with E-state index in [2.05, 4.69) is 33.9 Å². The molecule has 1 amide bonds. The Balaban J connectivity index is 2.21. The van der Waals surface area contributed by atoms with Crippen LogP contribution in [0.5, 0.6) is 0 Å². The minimum Gasteiger partial charge on any atom is -0.445 e. The summed E-state index contributed by atoms with van der Waals surface area (Å²) in [6.07, 6.45) is -1.23. The van der Waals surface area contributed by atoms with Gasteiger partial charge >= 0.3 is 6.09 Å². The van der Waals surface area contributed by atoms with Gasteiger partial charge in [0.1, 0.15) is 6.61 Å². The van der Waals surface area contributed by atoms with Crippen LogP contribution in [0.3, 0.4) is 0 Å². The van der Waals surface area contributed by atoms with E-state index in [0.717, 1.165) is 11.1 Å². The Labute approximate surface area is 188 Å². The number of hydrogen-bond acceptors (Lipinski definition) is 4. The Hall–Kier alpha value is -2.15. The first-order valence-corrected chi connectivity index (χ1v) is 13.8. The smallest absolute Gasteiger partial charge is 0.410 e. The van der Waals surface area contributed by atoms with Gasteiger partial charge in [0.15, 0.2) is 8.32 Å². The van der Waals surface area contributed by atoms with Crippen LogP contribution < -0.4 is 0 Å². The molecule has 0 aliphatic heterocycles. The summed E-state index contributed by atoms with van der Waals surface area (Å²) in [4.78, 5) is 14.7. The fraction of sp³-hybridized carbons (Fsp3) is 0.480. The van der Waals surface area contributed by atoms with Gasteiger partial charge in [0.25, 0.3) is 0 Å². The number of ether oxygens (including phenoxy) is 1. The third kappa shape index (κ3) is 7.49. The molecule has 0 fully saturated rings. The first-order valence-electron chi connectivity index (χ1n) is 10.8. The van der Waals surface area contributed by atoms with Crippen molar-refractivity contribution in [2.45, 2.75) is 71.1 Å². The normalized spacial score (nSPS) is 14.0. The van der Waals surface area contributed by atoms with Gasteiger partial charge in [-0.15, -0.1) is 0 Å². The number of amides is 1. The van der Waals surface area contributed by atoms with Crippen molar-refractivity contribution in [3.63, 3.8) is 0 Å². The SMILES string of the molecule is C[C@H](O)[C@@H](CO[Si](C)(C)C(C)(C)C)N(Cc1ccccc1)C(=O)OCc1ccccc1. The van der Waals surface area contributed by atoms with Crippen LogP contribution in [-0.4, -0.2) is 43.2 Å². The van der Waals surface area contributed by atoms with Gasteiger partial charge in [-0.2, -0.15) is 0 Å². The number of aliphatic hydroxyl groups is 1. The Morgan fingerprint density at radius 3 is 2.00 bits per heavy atom. The van der Waals surface area contributed by atoms with Crippen molar-refractivity contribution in [2.75, 3.05) is 6.61 Å². The van der Waals surface area contributed by atoms with Crippen LogP contribution in [0.4, 0.5) is 4.79 Å². The van der Waals surface area contributed by atoms with Crippen molar-refractivity contribution >= 4 is 14.4 Å². The second-order valence-electron chi connectivity index (χ2n) is 9.53. The van der Waals surface area contributed by atoms with Crippen LogP contribution in [0.2, 0.25) is 18.1 Å². The van der Waals surface area contributed by atoms with Gasteiger partial charge in [0, 0.05) is 6.54 Å². The maximum Gasteiger partial charge on any atom is 0.410 e. The first kappa shape index (κ1) is 25.1. The van der Waals surface area contributed by atoms with Crippen LogP contribution in [0, 0.1) is 0 Å². The molecule has 2 aromatic rings. The van der Waals surface area contributed by atoms with Crippen molar-refractivity contribution in [1.82, 2.24) is 4.90 Å². The average Bonchev–Trinajstić information content (AvgIpc) is 2.71. The average molecular weight is 444 g/mol. The zero-order valence-corrected chi connectivity index (χ0v) is 20.7. The lowest BCUT2D eigenvalue weighted by molar-refractivity contribution is 0.0130. The number of nitrogens with zero attached hydrogens (tertiary/aromatic N) is 1. The zero-order valence-electron chi connectivity index (χ0n) is 19.7. The van der Waals surface area contributed by atoms with Gasteiger partial charge in [0.2, 0.25) is 0 Å². The standard InChI is InChI=1S/C25H37NO4Si/c1-20(27)23(19-30-31(5,6)25(2,3)4)26(17-21-13-9-7-10-14-21)24(28)29-18-22-15-11-8-12-16-22/h7-16,20,23,27H,17-19H2,1-6H3/t20-,23+/m0/s1. The molecule has 0 unspecified atom stereocenters. The van der Waals surface area contributed by atoms with Crippen molar-refractivity contribution < 1.29 is 19.1 Å². The van der Waals surface area contributed by atoms with Crippen LogP contribution in [0.15, 0.2) is 60.7 Å². The molecule has 0 aliphatic carbocycles. The van der Waals surface area contributed by atoms with E-state index < -0.39 is 26.6 Å². The number of carbonyl (C=O) groups is 1. The molecular weight excluding hydrogens is 406 g/mol. The summed E-state index contributed by atoms with van der Waals surface area (Å²) in [5.41, 5.74) is 1.89. The number of rotatable bonds is 9. The summed E-state index contributed by atoms with van der Waals surface area (Å²) in [6, 6.07) is 18.8. The highest BCUT2D eigenvalue weighted by Crippen LogP contribution is 2.36. The Morgan fingerprint density at radius 2 is 1.52 bits per heavy atom. The molecule has 0 spiro atoms. The van der Waals surface area contributed by atoms with Crippen LogP contribution in [-0.2, 0) is 22.3 Å². The molecule has 2 aromatic carbocycles. The third-order valence-corrected chi connectivity index (χ3v) is 10.5. The molecule has 170 valence electrons. The van der Waals surface area contributed by atoms with Crippen molar-refractivity contribution in [3.05, 3.63) is 71.8 Å². The van der Waals surface area contributed by atoms with E-state index in [1.54, 1.807) is 11.8 Å². The quantitative estimate of drug-likeness (QED) is 0.513. The molecule has 2 rings (SSSR count). The lowest BCUT2D eigenvalue weighted by atomic mass is 10.1. The Bertz CT molecular complexity index is 803. The second-order valence-corrected chi connectivity index (χ2v) is 14.3. The first-order chi connectivity index (χ1) is 14.5. The molecule has 0 aliphatic rings. The molecule has 1 N–H and O–H groups in total. The van der Waals surface area contributed by atoms with Crippen molar-refractivity contribution in [3.8, 4) is 0 Å². The predicted molar refractivity (Wildman–Crippen MR) is 127 cm³/mol. The van der Waals surface area contributed by atoms with Gasteiger partial charge in [0.05, 0.1) is 18.8 Å². The van der Waals surface area contributed by atoms with E-state index in [1.807, 2.05) is 60.7 Å². The van der Waals surface area contributed by atoms with E-state index in [4.69, 9.17) is 9.16 Å². The van der Waals surface area contributed by atoms with Gasteiger partial charge in [-0.1, -0.05) is 81.4 Å². The maximum absolute atomic E-state index is 13.1. The number of carbonyl (C=O) groups excluding carboxylic acids is 1. The molecule has 5 nitrogen and oxygen atoms in total. The second kappa shape index (κ2) is 10.9. The monoisotopic (exact) mass is 443 g/mol. The van der Waals surface area contributed by atoms with Crippen LogP contribution >= 0.6 is 0 Å². The highest BCUT2D eigenvalue weighted by Gasteiger charge is 2.39. The summed E-state index contributed by atoms with van der Waals surface area (Å²) in [5, 5.41) is 10.6. The fourth-order valence-electron chi connectivity index (χ4n) is 2.90. The molecule has 0 heterocycles. The number of benzene rings is 2. The lowest BCUT2D eigenvalue weighted by Crippen LogP contribution is -2.51. The summed E-state index contributed by atoms with van der Waals surface area (Å²) in [6.45, 7) is 13.3. The molecule has 0 radical (unpaired) electrons. The maximum atomic E-state index is 13.1. The highest BCUT2D eigenvalue weighted by atomic mass is 28.4. The minimum absolute atomic E-state index is 0.0360. The van der Waals surface area contributed by atoms with Gasteiger partial charge < -0.3 is 14.3 Å². The van der Waals surface area contributed by atoms with Gasteiger partial charge in [-0.3, -0.25) is 4.90 Å². The van der Waals surface area contributed by atoms with Gasteiger partial charge in [-0.25, -0.2) is 4.79 Å². The molecule has 0 aromatic heterocycles.